The van der Waals surface area contributed by atoms with Crippen LogP contribution in [0.3, 0.4) is 0 Å². The number of imidazole rings is 1. The molecule has 0 radical (unpaired) electrons. The molecule has 0 amide bonds. The predicted molar refractivity (Wildman–Crippen MR) is 79.3 cm³/mol. The van der Waals surface area contributed by atoms with Crippen molar-refractivity contribution in [3.05, 3.63) is 35.4 Å². The molecule has 0 bridgehead atoms. The third-order valence-corrected chi connectivity index (χ3v) is 3.32. The molecular formula is C12H12ClN7. The monoisotopic (exact) mass is 289 g/mol. The number of anilines is 3. The van der Waals surface area contributed by atoms with Crippen molar-refractivity contribution in [1.29, 1.82) is 0 Å². The van der Waals surface area contributed by atoms with Crippen molar-refractivity contribution in [3.63, 3.8) is 0 Å². The van der Waals surface area contributed by atoms with Crippen molar-refractivity contribution in [1.82, 2.24) is 19.9 Å². The third-order valence-electron chi connectivity index (χ3n) is 2.99. The van der Waals surface area contributed by atoms with E-state index in [-0.39, 0.29) is 0 Å². The lowest BCUT2D eigenvalue weighted by Gasteiger charge is -2.12. The number of hydrogen-bond acceptors (Lipinski definition) is 6. The summed E-state index contributed by atoms with van der Waals surface area (Å²) >= 11 is 5.99. The van der Waals surface area contributed by atoms with Crippen molar-refractivity contribution in [2.75, 3.05) is 16.8 Å². The number of aromatic nitrogens is 4. The van der Waals surface area contributed by atoms with Crippen molar-refractivity contribution in [3.8, 4) is 0 Å². The Bertz CT molecular complexity index is 768. The Morgan fingerprint density at radius 2 is 2.05 bits per heavy atom. The van der Waals surface area contributed by atoms with E-state index in [1.165, 1.54) is 6.33 Å². The Morgan fingerprint density at radius 1 is 1.20 bits per heavy atom. The minimum Gasteiger partial charge on any atom is -0.398 e. The maximum Gasteiger partial charge on any atom is 0.162 e. The van der Waals surface area contributed by atoms with Gasteiger partial charge in [-0.3, -0.25) is 0 Å². The van der Waals surface area contributed by atoms with Crippen LogP contribution in [0.5, 0.6) is 0 Å². The van der Waals surface area contributed by atoms with E-state index in [2.05, 4.69) is 25.3 Å². The molecule has 20 heavy (non-hydrogen) atoms. The number of nitrogen functional groups attached to an aromatic ring is 2. The molecule has 2 aromatic heterocycles. The SMILES string of the molecule is Nc1ccc(Cl)c(N)c1CNc1ncnc2[nH]cnc12. The van der Waals surface area contributed by atoms with E-state index >= 15 is 0 Å². The molecule has 8 heteroatoms. The van der Waals surface area contributed by atoms with Gasteiger partial charge in [0, 0.05) is 17.8 Å². The molecule has 3 aromatic rings. The highest BCUT2D eigenvalue weighted by atomic mass is 35.5. The quantitative estimate of drug-likeness (QED) is 0.546. The van der Waals surface area contributed by atoms with Crippen LogP contribution in [0.15, 0.2) is 24.8 Å². The largest absolute Gasteiger partial charge is 0.398 e. The van der Waals surface area contributed by atoms with E-state index in [0.717, 1.165) is 5.56 Å². The second kappa shape index (κ2) is 4.86. The molecule has 0 aliphatic carbocycles. The van der Waals surface area contributed by atoms with Gasteiger partial charge in [-0.15, -0.1) is 0 Å². The normalized spacial score (nSPS) is 10.8. The molecule has 102 valence electrons. The number of halogens is 1. The first-order valence-electron chi connectivity index (χ1n) is 5.87. The fraction of sp³-hybridized carbons (Fsp3) is 0.0833. The summed E-state index contributed by atoms with van der Waals surface area (Å²) in [5.74, 6) is 0.607. The van der Waals surface area contributed by atoms with E-state index < -0.39 is 0 Å². The Morgan fingerprint density at radius 3 is 2.90 bits per heavy atom. The molecule has 2 heterocycles. The van der Waals surface area contributed by atoms with Crippen LogP contribution in [0, 0.1) is 0 Å². The molecule has 0 spiro atoms. The molecule has 3 rings (SSSR count). The fourth-order valence-electron chi connectivity index (χ4n) is 1.92. The van der Waals surface area contributed by atoms with Gasteiger partial charge in [-0.05, 0) is 12.1 Å². The van der Waals surface area contributed by atoms with Crippen molar-refractivity contribution in [2.24, 2.45) is 0 Å². The summed E-state index contributed by atoms with van der Waals surface area (Å²) in [6, 6.07) is 3.39. The van der Waals surface area contributed by atoms with Gasteiger partial charge in [-0.1, -0.05) is 11.6 Å². The Hall–Kier alpha value is -2.54. The van der Waals surface area contributed by atoms with Crippen LogP contribution >= 0.6 is 11.6 Å². The van der Waals surface area contributed by atoms with Gasteiger partial charge in [0.2, 0.25) is 0 Å². The molecule has 1 aromatic carbocycles. The van der Waals surface area contributed by atoms with Crippen molar-refractivity contribution >= 4 is 40.0 Å². The van der Waals surface area contributed by atoms with Gasteiger partial charge in [0.15, 0.2) is 11.5 Å². The Kier molecular flexibility index (Phi) is 3.03. The summed E-state index contributed by atoms with van der Waals surface area (Å²) in [5.41, 5.74) is 14.9. The van der Waals surface area contributed by atoms with Gasteiger partial charge in [0.25, 0.3) is 0 Å². The molecule has 0 unspecified atom stereocenters. The Balaban J connectivity index is 1.90. The molecule has 0 atom stereocenters. The molecule has 7 nitrogen and oxygen atoms in total. The van der Waals surface area contributed by atoms with Crippen LogP contribution in [-0.4, -0.2) is 19.9 Å². The lowest BCUT2D eigenvalue weighted by atomic mass is 10.1. The highest BCUT2D eigenvalue weighted by molar-refractivity contribution is 6.33. The number of rotatable bonds is 3. The summed E-state index contributed by atoms with van der Waals surface area (Å²) in [6.07, 6.45) is 3.01. The van der Waals surface area contributed by atoms with E-state index in [0.29, 0.717) is 39.9 Å². The van der Waals surface area contributed by atoms with Crippen LogP contribution in [0.25, 0.3) is 11.2 Å². The molecule has 6 N–H and O–H groups in total. The number of fused-ring (bicyclic) bond motifs is 1. The summed E-state index contributed by atoms with van der Waals surface area (Å²) in [7, 11) is 0. The van der Waals surface area contributed by atoms with Gasteiger partial charge in [0.1, 0.15) is 11.8 Å². The first-order chi connectivity index (χ1) is 9.66. The standard InChI is InChI=1S/C12H12ClN7/c13-7-1-2-8(14)6(9(7)15)3-16-11-10-12(18-4-17-10)20-5-19-11/h1-2,4-5H,3,14-15H2,(H2,16,17,18,19,20). The zero-order valence-corrected chi connectivity index (χ0v) is 11.1. The van der Waals surface area contributed by atoms with Crippen LogP contribution in [0.2, 0.25) is 5.02 Å². The minimum absolute atomic E-state index is 0.400. The fourth-order valence-corrected chi connectivity index (χ4v) is 2.09. The third kappa shape index (κ3) is 2.08. The van der Waals surface area contributed by atoms with Gasteiger partial charge in [0.05, 0.1) is 17.0 Å². The summed E-state index contributed by atoms with van der Waals surface area (Å²) in [4.78, 5) is 15.3. The second-order valence-electron chi connectivity index (χ2n) is 4.20. The first kappa shape index (κ1) is 12.5. The molecule has 0 aliphatic rings. The predicted octanol–water partition coefficient (Wildman–Crippen LogP) is 1.78. The molecule has 0 saturated carbocycles. The highest BCUT2D eigenvalue weighted by Crippen LogP contribution is 2.28. The van der Waals surface area contributed by atoms with Gasteiger partial charge in [-0.25, -0.2) is 15.0 Å². The molecular weight excluding hydrogens is 278 g/mol. The molecule has 0 aliphatic heterocycles. The van der Waals surface area contributed by atoms with Crippen LogP contribution in [0.4, 0.5) is 17.2 Å². The van der Waals surface area contributed by atoms with Crippen LogP contribution in [0.1, 0.15) is 5.56 Å². The van der Waals surface area contributed by atoms with E-state index in [9.17, 15) is 0 Å². The number of hydrogen-bond donors (Lipinski definition) is 4. The highest BCUT2D eigenvalue weighted by Gasteiger charge is 2.10. The smallest absolute Gasteiger partial charge is 0.162 e. The number of aromatic amines is 1. The number of nitrogens with one attached hydrogen (secondary N) is 2. The van der Waals surface area contributed by atoms with E-state index in [1.807, 2.05) is 0 Å². The number of H-pyrrole nitrogens is 1. The maximum absolute atomic E-state index is 5.99. The zero-order valence-electron chi connectivity index (χ0n) is 10.4. The van der Waals surface area contributed by atoms with Crippen molar-refractivity contribution < 1.29 is 0 Å². The van der Waals surface area contributed by atoms with E-state index in [1.54, 1.807) is 18.5 Å². The average Bonchev–Trinajstić information content (AvgIpc) is 2.92. The average molecular weight is 290 g/mol. The summed E-state index contributed by atoms with van der Waals surface area (Å²) in [5, 5.41) is 3.62. The minimum atomic E-state index is 0.400. The second-order valence-corrected chi connectivity index (χ2v) is 4.61. The summed E-state index contributed by atoms with van der Waals surface area (Å²) < 4.78 is 0. The van der Waals surface area contributed by atoms with Crippen LogP contribution < -0.4 is 16.8 Å². The van der Waals surface area contributed by atoms with E-state index in [4.69, 9.17) is 23.1 Å². The molecule has 0 fully saturated rings. The van der Waals surface area contributed by atoms with Crippen LogP contribution in [-0.2, 0) is 6.54 Å². The lowest BCUT2D eigenvalue weighted by Crippen LogP contribution is -2.08. The Labute approximate surface area is 119 Å². The van der Waals surface area contributed by atoms with Gasteiger partial charge in [-0.2, -0.15) is 0 Å². The number of nitrogens with zero attached hydrogens (tertiary/aromatic N) is 3. The lowest BCUT2D eigenvalue weighted by molar-refractivity contribution is 1.10. The zero-order chi connectivity index (χ0) is 14.1. The van der Waals surface area contributed by atoms with Gasteiger partial charge < -0.3 is 21.8 Å². The number of benzene rings is 1. The molecule has 0 saturated heterocycles. The topological polar surface area (TPSA) is 119 Å². The first-order valence-corrected chi connectivity index (χ1v) is 6.25. The van der Waals surface area contributed by atoms with Crippen molar-refractivity contribution in [2.45, 2.75) is 6.54 Å². The van der Waals surface area contributed by atoms with Gasteiger partial charge >= 0.3 is 0 Å². The summed E-state index contributed by atoms with van der Waals surface area (Å²) in [6.45, 7) is 0.400. The maximum atomic E-state index is 5.99. The number of nitrogens with two attached hydrogens (primary N) is 2.